The van der Waals surface area contributed by atoms with Gasteiger partial charge in [0.2, 0.25) is 5.91 Å². The number of carbonyl (C=O) groups excluding carboxylic acids is 1. The van der Waals surface area contributed by atoms with E-state index in [1.54, 1.807) is 19.0 Å². The molecule has 0 aliphatic carbocycles. The summed E-state index contributed by atoms with van der Waals surface area (Å²) in [6.45, 7) is 7.27. The zero-order valence-electron chi connectivity index (χ0n) is 15.6. The first-order valence-electron chi connectivity index (χ1n) is 9.29. The summed E-state index contributed by atoms with van der Waals surface area (Å²) >= 11 is 0. The molecule has 2 saturated heterocycles. The van der Waals surface area contributed by atoms with E-state index in [1.165, 1.54) is 0 Å². The first-order valence-corrected chi connectivity index (χ1v) is 9.29. The van der Waals surface area contributed by atoms with E-state index in [9.17, 15) is 4.79 Å². The van der Waals surface area contributed by atoms with Gasteiger partial charge in [0.15, 0.2) is 5.96 Å². The van der Waals surface area contributed by atoms with Crippen LogP contribution < -0.4 is 10.6 Å². The zero-order chi connectivity index (χ0) is 17.9. The average molecular weight is 355 g/mol. The summed E-state index contributed by atoms with van der Waals surface area (Å²) in [6, 6.07) is 0. The van der Waals surface area contributed by atoms with Crippen LogP contribution >= 0.6 is 0 Å². The van der Waals surface area contributed by atoms with E-state index < -0.39 is 0 Å². The minimum Gasteiger partial charge on any atom is -0.379 e. The van der Waals surface area contributed by atoms with Crippen molar-refractivity contribution in [2.24, 2.45) is 4.99 Å². The molecule has 2 heterocycles. The third kappa shape index (κ3) is 8.02. The van der Waals surface area contributed by atoms with Gasteiger partial charge in [-0.2, -0.15) is 0 Å². The van der Waals surface area contributed by atoms with E-state index in [1.807, 2.05) is 0 Å². The molecule has 2 fully saturated rings. The summed E-state index contributed by atoms with van der Waals surface area (Å²) in [7, 11) is 3.49. The Kier molecular flexibility index (Phi) is 8.99. The van der Waals surface area contributed by atoms with E-state index in [0.717, 1.165) is 71.8 Å². The van der Waals surface area contributed by atoms with Crippen LogP contribution in [0.15, 0.2) is 4.99 Å². The van der Waals surface area contributed by atoms with Crippen LogP contribution in [0, 0.1) is 0 Å². The molecule has 1 unspecified atom stereocenters. The Morgan fingerprint density at radius 3 is 2.72 bits per heavy atom. The molecule has 0 aromatic heterocycles. The Labute approximate surface area is 150 Å². The molecule has 2 aliphatic rings. The predicted octanol–water partition coefficient (Wildman–Crippen LogP) is -0.489. The highest BCUT2D eigenvalue weighted by molar-refractivity contribution is 5.84. The maximum absolute atomic E-state index is 11.8. The third-order valence-electron chi connectivity index (χ3n) is 4.44. The first kappa shape index (κ1) is 19.9. The molecule has 1 amide bonds. The summed E-state index contributed by atoms with van der Waals surface area (Å²) in [4.78, 5) is 20.1. The molecule has 2 N–H and O–H groups in total. The van der Waals surface area contributed by atoms with Gasteiger partial charge in [0, 0.05) is 46.9 Å². The van der Waals surface area contributed by atoms with Crippen molar-refractivity contribution in [2.45, 2.75) is 25.4 Å². The second kappa shape index (κ2) is 11.3. The highest BCUT2D eigenvalue weighted by Crippen LogP contribution is 2.10. The van der Waals surface area contributed by atoms with Gasteiger partial charge >= 0.3 is 0 Å². The summed E-state index contributed by atoms with van der Waals surface area (Å²) in [5, 5.41) is 6.64. The molecule has 0 spiro atoms. The zero-order valence-corrected chi connectivity index (χ0v) is 15.6. The van der Waals surface area contributed by atoms with Crippen LogP contribution in [0.1, 0.15) is 19.3 Å². The lowest BCUT2D eigenvalue weighted by Crippen LogP contribution is -2.43. The van der Waals surface area contributed by atoms with Gasteiger partial charge in [-0.1, -0.05) is 0 Å². The predicted molar refractivity (Wildman–Crippen MR) is 97.9 cm³/mol. The Morgan fingerprint density at radius 2 is 2.04 bits per heavy atom. The molecule has 25 heavy (non-hydrogen) atoms. The minimum atomic E-state index is -0.00784. The highest BCUT2D eigenvalue weighted by atomic mass is 16.5. The Morgan fingerprint density at radius 1 is 1.24 bits per heavy atom. The second-order valence-corrected chi connectivity index (χ2v) is 6.70. The largest absolute Gasteiger partial charge is 0.379 e. The summed E-state index contributed by atoms with van der Waals surface area (Å²) in [5.41, 5.74) is 0. The molecular weight excluding hydrogens is 322 g/mol. The monoisotopic (exact) mass is 355 g/mol. The lowest BCUT2D eigenvalue weighted by atomic mass is 10.2. The third-order valence-corrected chi connectivity index (χ3v) is 4.44. The number of nitrogens with zero attached hydrogens (tertiary/aromatic N) is 3. The number of likely N-dealkylation sites (N-methyl/N-ethyl adjacent to an activating group) is 1. The van der Waals surface area contributed by atoms with Gasteiger partial charge in [-0.3, -0.25) is 9.69 Å². The molecule has 1 atom stereocenters. The summed E-state index contributed by atoms with van der Waals surface area (Å²) in [6.07, 6.45) is 3.46. The van der Waals surface area contributed by atoms with Gasteiger partial charge in [-0.25, -0.2) is 4.99 Å². The van der Waals surface area contributed by atoms with Crippen LogP contribution in [-0.4, -0.2) is 101 Å². The van der Waals surface area contributed by atoms with Crippen LogP contribution in [0.25, 0.3) is 0 Å². The number of amides is 1. The van der Waals surface area contributed by atoms with Gasteiger partial charge in [-0.15, -0.1) is 0 Å². The quantitative estimate of drug-likeness (QED) is 0.348. The van der Waals surface area contributed by atoms with E-state index in [0.29, 0.717) is 5.96 Å². The van der Waals surface area contributed by atoms with Gasteiger partial charge in [0.1, 0.15) is 6.54 Å². The molecule has 2 rings (SSSR count). The number of rotatable bonds is 8. The van der Waals surface area contributed by atoms with E-state index in [-0.39, 0.29) is 18.6 Å². The lowest BCUT2D eigenvalue weighted by molar-refractivity contribution is -0.127. The normalized spacial score (nSPS) is 22.0. The number of morpholine rings is 1. The number of hydrogen-bond donors (Lipinski definition) is 2. The molecule has 8 heteroatoms. The van der Waals surface area contributed by atoms with Crippen LogP contribution in [0.4, 0.5) is 0 Å². The molecule has 0 aromatic carbocycles. The molecular formula is C17H33N5O3. The fraction of sp³-hybridized carbons (Fsp3) is 0.882. The fourth-order valence-corrected chi connectivity index (χ4v) is 2.81. The minimum absolute atomic E-state index is 0.00784. The Balaban J connectivity index is 1.71. The van der Waals surface area contributed by atoms with Crippen LogP contribution in [0.3, 0.4) is 0 Å². The van der Waals surface area contributed by atoms with Crippen molar-refractivity contribution in [1.29, 1.82) is 0 Å². The van der Waals surface area contributed by atoms with Crippen LogP contribution in [-0.2, 0) is 14.3 Å². The van der Waals surface area contributed by atoms with Crippen molar-refractivity contribution in [2.75, 3.05) is 73.2 Å². The lowest BCUT2D eigenvalue weighted by Gasteiger charge is -2.26. The topological polar surface area (TPSA) is 78.4 Å². The second-order valence-electron chi connectivity index (χ2n) is 6.70. The Bertz CT molecular complexity index is 419. The maximum Gasteiger partial charge on any atom is 0.243 e. The molecule has 0 aromatic rings. The van der Waals surface area contributed by atoms with Gasteiger partial charge < -0.3 is 25.0 Å². The van der Waals surface area contributed by atoms with Crippen LogP contribution in [0.2, 0.25) is 0 Å². The van der Waals surface area contributed by atoms with E-state index >= 15 is 0 Å². The van der Waals surface area contributed by atoms with Crippen molar-refractivity contribution >= 4 is 11.9 Å². The highest BCUT2D eigenvalue weighted by Gasteiger charge is 2.16. The van der Waals surface area contributed by atoms with E-state index in [2.05, 4.69) is 20.5 Å². The van der Waals surface area contributed by atoms with Crippen molar-refractivity contribution in [3.05, 3.63) is 0 Å². The standard InChI is InChI=1S/C17H33N5O3/c1-21(2)16(23)14-20-17(19-13-15-5-3-10-25-15)18-6-4-7-22-8-11-24-12-9-22/h15H,3-14H2,1-2H3,(H2,18,19,20). The first-order chi connectivity index (χ1) is 12.1. The van der Waals surface area contributed by atoms with Crippen LogP contribution in [0.5, 0.6) is 0 Å². The number of guanidine groups is 1. The average Bonchev–Trinajstić information content (AvgIpc) is 3.14. The molecule has 2 aliphatic heterocycles. The molecule has 0 bridgehead atoms. The number of nitrogens with one attached hydrogen (secondary N) is 2. The smallest absolute Gasteiger partial charge is 0.243 e. The molecule has 0 saturated carbocycles. The number of carbonyl (C=O) groups is 1. The van der Waals surface area contributed by atoms with Crippen molar-refractivity contribution in [1.82, 2.24) is 20.4 Å². The maximum atomic E-state index is 11.8. The SMILES string of the molecule is CN(C)C(=O)CN=C(NCCCN1CCOCC1)NCC1CCCO1. The number of hydrogen-bond acceptors (Lipinski definition) is 5. The summed E-state index contributed by atoms with van der Waals surface area (Å²) < 4.78 is 11.0. The molecule has 8 nitrogen and oxygen atoms in total. The number of ether oxygens (including phenoxy) is 2. The molecule has 144 valence electrons. The van der Waals surface area contributed by atoms with Gasteiger partial charge in [0.05, 0.1) is 19.3 Å². The molecule has 0 radical (unpaired) electrons. The fourth-order valence-electron chi connectivity index (χ4n) is 2.81. The van der Waals surface area contributed by atoms with Crippen molar-refractivity contribution in [3.63, 3.8) is 0 Å². The van der Waals surface area contributed by atoms with E-state index in [4.69, 9.17) is 9.47 Å². The van der Waals surface area contributed by atoms with Crippen molar-refractivity contribution < 1.29 is 14.3 Å². The summed E-state index contributed by atoms with van der Waals surface area (Å²) in [5.74, 6) is 0.680. The van der Waals surface area contributed by atoms with Gasteiger partial charge in [0.25, 0.3) is 0 Å². The Hall–Kier alpha value is -1.38. The number of aliphatic imine (C=N–C) groups is 1. The van der Waals surface area contributed by atoms with Crippen molar-refractivity contribution in [3.8, 4) is 0 Å². The van der Waals surface area contributed by atoms with Gasteiger partial charge in [-0.05, 0) is 25.8 Å².